The lowest BCUT2D eigenvalue weighted by atomic mass is 10.0. The average Bonchev–Trinajstić information content (AvgIpc) is 2.46. The molecule has 0 heterocycles. The maximum atomic E-state index is 12.0. The van der Waals surface area contributed by atoms with Crippen LogP contribution in [-0.2, 0) is 11.2 Å². The smallest absolute Gasteiger partial charge is 0.221 e. The van der Waals surface area contributed by atoms with Crippen molar-refractivity contribution < 1.29 is 9.59 Å². The fraction of sp³-hybridized carbons (Fsp3) is 0.176. The number of ketones is 1. The number of rotatable bonds is 5. The molecule has 0 aromatic heterocycles. The summed E-state index contributed by atoms with van der Waals surface area (Å²) in [6.45, 7) is 1.48. The third-order valence-corrected chi connectivity index (χ3v) is 3.01. The second kappa shape index (κ2) is 6.66. The summed E-state index contributed by atoms with van der Waals surface area (Å²) in [6, 6.07) is 16.9. The van der Waals surface area contributed by atoms with Gasteiger partial charge in [0.15, 0.2) is 5.78 Å². The predicted octanol–water partition coefficient (Wildman–Crippen LogP) is 3.46. The molecular formula is C17H17NO2. The average molecular weight is 267 g/mol. The Labute approximate surface area is 118 Å². The van der Waals surface area contributed by atoms with Crippen LogP contribution in [0.1, 0.15) is 29.3 Å². The van der Waals surface area contributed by atoms with Crippen LogP contribution in [0.3, 0.4) is 0 Å². The van der Waals surface area contributed by atoms with Gasteiger partial charge in [-0.15, -0.1) is 0 Å². The fourth-order valence-corrected chi connectivity index (χ4v) is 1.98. The number of Topliss-reactive ketones (excluding diaryl/α,β-unsaturated/α-hetero) is 1. The van der Waals surface area contributed by atoms with Crippen LogP contribution in [0.2, 0.25) is 0 Å². The molecule has 0 fully saturated rings. The monoisotopic (exact) mass is 267 g/mol. The molecule has 0 unspecified atom stereocenters. The summed E-state index contributed by atoms with van der Waals surface area (Å²) in [5.41, 5.74) is 2.61. The van der Waals surface area contributed by atoms with Crippen molar-refractivity contribution in [2.24, 2.45) is 0 Å². The van der Waals surface area contributed by atoms with Crippen molar-refractivity contribution in [2.75, 3.05) is 5.32 Å². The Morgan fingerprint density at radius 1 is 0.950 bits per heavy atom. The molecule has 0 saturated heterocycles. The van der Waals surface area contributed by atoms with Crippen LogP contribution < -0.4 is 5.32 Å². The number of hydrogen-bond donors (Lipinski definition) is 1. The first kappa shape index (κ1) is 14.0. The first-order valence-corrected chi connectivity index (χ1v) is 6.60. The van der Waals surface area contributed by atoms with Gasteiger partial charge in [0.25, 0.3) is 0 Å². The van der Waals surface area contributed by atoms with Gasteiger partial charge in [0, 0.05) is 24.6 Å². The van der Waals surface area contributed by atoms with Gasteiger partial charge in [0.2, 0.25) is 5.91 Å². The second-order valence-corrected chi connectivity index (χ2v) is 4.67. The van der Waals surface area contributed by atoms with Crippen molar-refractivity contribution in [3.63, 3.8) is 0 Å². The Kier molecular flexibility index (Phi) is 4.66. The molecule has 0 saturated carbocycles. The van der Waals surface area contributed by atoms with Gasteiger partial charge in [0.1, 0.15) is 0 Å². The fourth-order valence-electron chi connectivity index (χ4n) is 1.98. The highest BCUT2D eigenvalue weighted by Gasteiger charge is 2.05. The summed E-state index contributed by atoms with van der Waals surface area (Å²) in [5, 5.41) is 2.72. The molecule has 20 heavy (non-hydrogen) atoms. The first-order valence-electron chi connectivity index (χ1n) is 6.60. The van der Waals surface area contributed by atoms with Crippen LogP contribution in [0.15, 0.2) is 54.6 Å². The van der Waals surface area contributed by atoms with E-state index in [1.807, 2.05) is 54.6 Å². The quantitative estimate of drug-likeness (QED) is 0.843. The molecule has 0 spiro atoms. The summed E-state index contributed by atoms with van der Waals surface area (Å²) in [7, 11) is 0. The summed E-state index contributed by atoms with van der Waals surface area (Å²) < 4.78 is 0. The van der Waals surface area contributed by atoms with Gasteiger partial charge >= 0.3 is 0 Å². The van der Waals surface area contributed by atoms with Crippen LogP contribution in [-0.4, -0.2) is 11.7 Å². The molecule has 1 amide bonds. The van der Waals surface area contributed by atoms with Gasteiger partial charge in [-0.25, -0.2) is 0 Å². The normalized spacial score (nSPS) is 10.1. The second-order valence-electron chi connectivity index (χ2n) is 4.67. The number of anilines is 1. The Morgan fingerprint density at radius 2 is 1.60 bits per heavy atom. The molecule has 0 aliphatic carbocycles. The maximum absolute atomic E-state index is 12.0. The summed E-state index contributed by atoms with van der Waals surface area (Å²) in [4.78, 5) is 22.9. The van der Waals surface area contributed by atoms with Crippen LogP contribution in [0.5, 0.6) is 0 Å². The standard InChI is InChI=1S/C17H17NO2/c1-13(19)18-16-10-7-14(8-11-16)9-12-17(20)15-5-3-2-4-6-15/h2-8,10-11H,9,12H2,1H3,(H,18,19). The van der Waals surface area contributed by atoms with E-state index in [-0.39, 0.29) is 11.7 Å². The van der Waals surface area contributed by atoms with E-state index in [2.05, 4.69) is 5.32 Å². The molecule has 2 rings (SSSR count). The Morgan fingerprint density at radius 3 is 2.20 bits per heavy atom. The van der Waals surface area contributed by atoms with E-state index >= 15 is 0 Å². The molecule has 102 valence electrons. The zero-order chi connectivity index (χ0) is 14.4. The molecule has 3 nitrogen and oxygen atoms in total. The largest absolute Gasteiger partial charge is 0.326 e. The number of hydrogen-bond acceptors (Lipinski definition) is 2. The van der Waals surface area contributed by atoms with Crippen molar-refractivity contribution in [1.82, 2.24) is 0 Å². The molecule has 2 aromatic rings. The van der Waals surface area contributed by atoms with Crippen LogP contribution >= 0.6 is 0 Å². The van der Waals surface area contributed by atoms with Gasteiger partial charge in [-0.1, -0.05) is 42.5 Å². The van der Waals surface area contributed by atoms with Crippen molar-refractivity contribution in [1.29, 1.82) is 0 Å². The molecule has 1 N–H and O–H groups in total. The Bertz CT molecular complexity index is 588. The number of amides is 1. The van der Waals surface area contributed by atoms with Gasteiger partial charge in [-0.05, 0) is 24.1 Å². The number of benzene rings is 2. The van der Waals surface area contributed by atoms with E-state index in [1.165, 1.54) is 6.92 Å². The minimum absolute atomic E-state index is 0.0861. The molecule has 2 aromatic carbocycles. The minimum atomic E-state index is -0.0861. The van der Waals surface area contributed by atoms with Gasteiger partial charge < -0.3 is 5.32 Å². The number of aryl methyl sites for hydroxylation is 1. The van der Waals surface area contributed by atoms with Crippen LogP contribution in [0, 0.1) is 0 Å². The SMILES string of the molecule is CC(=O)Nc1ccc(CCC(=O)c2ccccc2)cc1. The lowest BCUT2D eigenvalue weighted by Gasteiger charge is -2.05. The molecule has 0 atom stereocenters. The zero-order valence-corrected chi connectivity index (χ0v) is 11.4. The van der Waals surface area contributed by atoms with Crippen molar-refractivity contribution >= 4 is 17.4 Å². The van der Waals surface area contributed by atoms with E-state index in [0.29, 0.717) is 12.8 Å². The highest BCUT2D eigenvalue weighted by Crippen LogP contribution is 2.12. The maximum Gasteiger partial charge on any atom is 0.221 e. The molecule has 0 bridgehead atoms. The number of carbonyl (C=O) groups excluding carboxylic acids is 2. The van der Waals surface area contributed by atoms with Crippen LogP contribution in [0.4, 0.5) is 5.69 Å². The summed E-state index contributed by atoms with van der Waals surface area (Å²) in [5.74, 6) is 0.0635. The van der Waals surface area contributed by atoms with E-state index < -0.39 is 0 Å². The molecule has 0 aliphatic heterocycles. The Balaban J connectivity index is 1.91. The highest BCUT2D eigenvalue weighted by atomic mass is 16.1. The summed E-state index contributed by atoms with van der Waals surface area (Å²) >= 11 is 0. The minimum Gasteiger partial charge on any atom is -0.326 e. The third-order valence-electron chi connectivity index (χ3n) is 3.01. The van der Waals surface area contributed by atoms with Crippen molar-refractivity contribution in [2.45, 2.75) is 19.8 Å². The van der Waals surface area contributed by atoms with E-state index in [9.17, 15) is 9.59 Å². The lowest BCUT2D eigenvalue weighted by molar-refractivity contribution is -0.114. The molecular weight excluding hydrogens is 250 g/mol. The number of nitrogens with one attached hydrogen (secondary N) is 1. The van der Waals surface area contributed by atoms with E-state index in [1.54, 1.807) is 0 Å². The van der Waals surface area contributed by atoms with Gasteiger partial charge in [0.05, 0.1) is 0 Å². The van der Waals surface area contributed by atoms with Gasteiger partial charge in [-0.2, -0.15) is 0 Å². The molecule has 0 radical (unpaired) electrons. The highest BCUT2D eigenvalue weighted by molar-refractivity contribution is 5.96. The van der Waals surface area contributed by atoms with Crippen molar-refractivity contribution in [3.05, 3.63) is 65.7 Å². The van der Waals surface area contributed by atoms with E-state index in [0.717, 1.165) is 16.8 Å². The number of carbonyl (C=O) groups is 2. The first-order chi connectivity index (χ1) is 9.65. The third kappa shape index (κ3) is 4.05. The zero-order valence-electron chi connectivity index (χ0n) is 11.4. The van der Waals surface area contributed by atoms with E-state index in [4.69, 9.17) is 0 Å². The lowest BCUT2D eigenvalue weighted by Crippen LogP contribution is -2.05. The topological polar surface area (TPSA) is 46.2 Å². The molecule has 0 aliphatic rings. The predicted molar refractivity (Wildman–Crippen MR) is 79.8 cm³/mol. The molecule has 3 heteroatoms. The summed E-state index contributed by atoms with van der Waals surface area (Å²) in [6.07, 6.45) is 1.19. The Hall–Kier alpha value is -2.42. The van der Waals surface area contributed by atoms with Crippen LogP contribution in [0.25, 0.3) is 0 Å². The van der Waals surface area contributed by atoms with Crippen molar-refractivity contribution in [3.8, 4) is 0 Å². The van der Waals surface area contributed by atoms with Gasteiger partial charge in [-0.3, -0.25) is 9.59 Å².